The summed E-state index contributed by atoms with van der Waals surface area (Å²) in [6.45, 7) is 8.74. The van der Waals surface area contributed by atoms with Gasteiger partial charge in [-0.3, -0.25) is 4.79 Å². The summed E-state index contributed by atoms with van der Waals surface area (Å²) in [6.07, 6.45) is 2.51. The molecular weight excluding hydrogens is 264 g/mol. The summed E-state index contributed by atoms with van der Waals surface area (Å²) in [7, 11) is 1.76. The van der Waals surface area contributed by atoms with Crippen LogP contribution in [0.15, 0.2) is 12.1 Å². The topological polar surface area (TPSA) is 64.3 Å². The van der Waals surface area contributed by atoms with Crippen LogP contribution in [-0.4, -0.2) is 25.1 Å². The Hall–Kier alpha value is -1.55. The van der Waals surface area contributed by atoms with Crippen molar-refractivity contribution < 1.29 is 9.53 Å². The smallest absolute Gasteiger partial charge is 0.237 e. The maximum Gasteiger partial charge on any atom is 0.237 e. The van der Waals surface area contributed by atoms with E-state index in [1.807, 2.05) is 6.92 Å². The lowest BCUT2D eigenvalue weighted by molar-refractivity contribution is -0.123. The Morgan fingerprint density at radius 1 is 1.29 bits per heavy atom. The molecule has 4 nitrogen and oxygen atoms in total. The van der Waals surface area contributed by atoms with Crippen LogP contribution < -0.4 is 15.8 Å². The van der Waals surface area contributed by atoms with Crippen LogP contribution >= 0.6 is 0 Å². The molecular formula is C17H28N2O2. The Bertz CT molecular complexity index is 500. The summed E-state index contributed by atoms with van der Waals surface area (Å²) in [5.41, 5.74) is 8.43. The highest BCUT2D eigenvalue weighted by Gasteiger charge is 2.27. The van der Waals surface area contributed by atoms with Crippen molar-refractivity contribution in [2.24, 2.45) is 5.73 Å². The first kappa shape index (κ1) is 17.5. The molecule has 1 unspecified atom stereocenters. The van der Waals surface area contributed by atoms with Crippen LogP contribution in [0.4, 0.5) is 0 Å². The summed E-state index contributed by atoms with van der Waals surface area (Å²) in [4.78, 5) is 11.4. The van der Waals surface area contributed by atoms with Crippen molar-refractivity contribution in [2.75, 3.05) is 13.7 Å². The van der Waals surface area contributed by atoms with Crippen LogP contribution in [-0.2, 0) is 4.79 Å². The van der Waals surface area contributed by atoms with E-state index in [1.165, 1.54) is 16.7 Å². The second-order valence-electron chi connectivity index (χ2n) is 5.96. The van der Waals surface area contributed by atoms with E-state index < -0.39 is 5.54 Å². The number of hydrogen-bond acceptors (Lipinski definition) is 3. The molecule has 0 aliphatic heterocycles. The van der Waals surface area contributed by atoms with Crippen LogP contribution in [0.5, 0.6) is 5.75 Å². The number of unbranched alkanes of at least 4 members (excludes halogenated alkanes) is 1. The number of primary amides is 1. The van der Waals surface area contributed by atoms with Crippen LogP contribution in [0.3, 0.4) is 0 Å². The molecule has 118 valence electrons. The largest absolute Gasteiger partial charge is 0.493 e. The highest BCUT2D eigenvalue weighted by Crippen LogP contribution is 2.23. The molecule has 0 radical (unpaired) electrons. The Balaban J connectivity index is 2.44. The quantitative estimate of drug-likeness (QED) is 0.724. The van der Waals surface area contributed by atoms with Gasteiger partial charge in [0.2, 0.25) is 5.91 Å². The zero-order valence-electron chi connectivity index (χ0n) is 13.9. The maximum atomic E-state index is 11.4. The number of aryl methyl sites for hydroxylation is 2. The number of carbonyl (C=O) groups is 1. The molecule has 1 aromatic rings. The number of nitrogens with one attached hydrogen (secondary N) is 1. The van der Waals surface area contributed by atoms with Crippen LogP contribution in [0, 0.1) is 20.8 Å². The average molecular weight is 292 g/mol. The van der Waals surface area contributed by atoms with E-state index in [0.717, 1.165) is 18.6 Å². The van der Waals surface area contributed by atoms with Crippen LogP contribution in [0.1, 0.15) is 42.9 Å². The summed E-state index contributed by atoms with van der Waals surface area (Å²) < 4.78 is 5.87. The molecule has 3 N–H and O–H groups in total. The molecule has 0 aliphatic carbocycles. The third kappa shape index (κ3) is 4.74. The van der Waals surface area contributed by atoms with Gasteiger partial charge in [0, 0.05) is 0 Å². The number of amides is 1. The minimum atomic E-state index is -0.629. The van der Waals surface area contributed by atoms with E-state index in [4.69, 9.17) is 10.5 Å². The Labute approximate surface area is 128 Å². The lowest BCUT2D eigenvalue weighted by Crippen LogP contribution is -2.51. The van der Waals surface area contributed by atoms with Gasteiger partial charge in [0.25, 0.3) is 0 Å². The Morgan fingerprint density at radius 2 is 1.95 bits per heavy atom. The van der Waals surface area contributed by atoms with Gasteiger partial charge < -0.3 is 15.8 Å². The van der Waals surface area contributed by atoms with E-state index in [2.05, 4.69) is 38.2 Å². The lowest BCUT2D eigenvalue weighted by atomic mass is 9.94. The molecule has 0 bridgehead atoms. The van der Waals surface area contributed by atoms with Crippen molar-refractivity contribution >= 4 is 5.91 Å². The molecule has 21 heavy (non-hydrogen) atoms. The van der Waals surface area contributed by atoms with Gasteiger partial charge in [-0.1, -0.05) is 6.07 Å². The number of hydrogen-bond donors (Lipinski definition) is 2. The molecule has 0 aliphatic rings. The molecule has 0 aromatic heterocycles. The van der Waals surface area contributed by atoms with Gasteiger partial charge in [-0.15, -0.1) is 0 Å². The lowest BCUT2D eigenvalue weighted by Gasteiger charge is -2.25. The predicted molar refractivity (Wildman–Crippen MR) is 86.7 cm³/mol. The fourth-order valence-electron chi connectivity index (χ4n) is 2.28. The predicted octanol–water partition coefficient (Wildman–Crippen LogP) is 2.62. The van der Waals surface area contributed by atoms with Crippen molar-refractivity contribution in [3.05, 3.63) is 28.8 Å². The number of likely N-dealkylation sites (N-methyl/N-ethyl adjacent to an activating group) is 1. The highest BCUT2D eigenvalue weighted by molar-refractivity contribution is 5.84. The van der Waals surface area contributed by atoms with Crippen LogP contribution in [0.25, 0.3) is 0 Å². The zero-order chi connectivity index (χ0) is 16.0. The van der Waals surface area contributed by atoms with E-state index in [1.54, 1.807) is 7.05 Å². The van der Waals surface area contributed by atoms with Gasteiger partial charge in [-0.05, 0) is 76.8 Å². The average Bonchev–Trinajstić information content (AvgIpc) is 2.42. The van der Waals surface area contributed by atoms with E-state index in [-0.39, 0.29) is 5.91 Å². The molecule has 0 heterocycles. The third-order valence-electron chi connectivity index (χ3n) is 4.19. The molecule has 4 heteroatoms. The second kappa shape index (κ2) is 7.46. The summed E-state index contributed by atoms with van der Waals surface area (Å²) >= 11 is 0. The Kier molecular flexibility index (Phi) is 6.21. The van der Waals surface area contributed by atoms with Gasteiger partial charge in [0.1, 0.15) is 5.75 Å². The molecule has 1 atom stereocenters. The highest BCUT2D eigenvalue weighted by atomic mass is 16.5. The molecule has 0 spiro atoms. The molecule has 0 fully saturated rings. The van der Waals surface area contributed by atoms with Crippen LogP contribution in [0.2, 0.25) is 0 Å². The Morgan fingerprint density at radius 3 is 2.52 bits per heavy atom. The number of nitrogens with two attached hydrogens (primary N) is 1. The number of benzene rings is 1. The number of rotatable bonds is 8. The monoisotopic (exact) mass is 292 g/mol. The first-order chi connectivity index (χ1) is 9.80. The van der Waals surface area contributed by atoms with E-state index in [9.17, 15) is 4.79 Å². The normalized spacial score (nSPS) is 13.8. The number of ether oxygens (including phenoxy) is 1. The fourth-order valence-corrected chi connectivity index (χ4v) is 2.28. The first-order valence-electron chi connectivity index (χ1n) is 7.49. The molecule has 1 amide bonds. The third-order valence-corrected chi connectivity index (χ3v) is 4.19. The number of carbonyl (C=O) groups excluding carboxylic acids is 1. The van der Waals surface area contributed by atoms with E-state index in [0.29, 0.717) is 13.0 Å². The van der Waals surface area contributed by atoms with Gasteiger partial charge in [-0.2, -0.15) is 0 Å². The van der Waals surface area contributed by atoms with Crippen molar-refractivity contribution in [3.8, 4) is 5.75 Å². The standard InChI is InChI=1S/C17H28N2O2/c1-12-10-13(2)14(3)15(11-12)21-9-7-6-8-17(4,19-5)16(18)20/h10-11,19H,6-9H2,1-5H3,(H2,18,20). The fraction of sp³-hybridized carbons (Fsp3) is 0.588. The minimum absolute atomic E-state index is 0.309. The maximum absolute atomic E-state index is 11.4. The van der Waals surface area contributed by atoms with Gasteiger partial charge in [0.15, 0.2) is 0 Å². The van der Waals surface area contributed by atoms with E-state index >= 15 is 0 Å². The summed E-state index contributed by atoms with van der Waals surface area (Å²) in [5, 5.41) is 3.00. The summed E-state index contributed by atoms with van der Waals surface area (Å²) in [6, 6.07) is 4.23. The molecule has 0 saturated heterocycles. The van der Waals surface area contributed by atoms with Crippen molar-refractivity contribution in [1.82, 2.24) is 5.32 Å². The van der Waals surface area contributed by atoms with Gasteiger partial charge in [0.05, 0.1) is 12.1 Å². The second-order valence-corrected chi connectivity index (χ2v) is 5.96. The van der Waals surface area contributed by atoms with Gasteiger partial charge in [-0.25, -0.2) is 0 Å². The minimum Gasteiger partial charge on any atom is -0.493 e. The van der Waals surface area contributed by atoms with Crippen molar-refractivity contribution in [1.29, 1.82) is 0 Å². The zero-order valence-corrected chi connectivity index (χ0v) is 13.9. The molecule has 0 saturated carbocycles. The summed E-state index contributed by atoms with van der Waals surface area (Å²) in [5.74, 6) is 0.648. The molecule has 1 aromatic carbocycles. The first-order valence-corrected chi connectivity index (χ1v) is 7.49. The van der Waals surface area contributed by atoms with Crippen molar-refractivity contribution in [3.63, 3.8) is 0 Å². The van der Waals surface area contributed by atoms with Gasteiger partial charge >= 0.3 is 0 Å². The SMILES string of the molecule is CNC(C)(CCCCOc1cc(C)cc(C)c1C)C(N)=O. The molecule has 1 rings (SSSR count). The van der Waals surface area contributed by atoms with Crippen molar-refractivity contribution in [2.45, 2.75) is 52.5 Å².